The fourth-order valence-electron chi connectivity index (χ4n) is 7.77. The van der Waals surface area contributed by atoms with E-state index in [1.165, 1.54) is 24.8 Å². The van der Waals surface area contributed by atoms with Crippen LogP contribution in [-0.4, -0.2) is 28.6 Å². The van der Waals surface area contributed by atoms with Crippen LogP contribution in [-0.2, 0) is 17.8 Å². The van der Waals surface area contributed by atoms with E-state index in [-0.39, 0.29) is 5.41 Å². The van der Waals surface area contributed by atoms with Crippen molar-refractivity contribution in [2.45, 2.75) is 71.3 Å². The molecule has 3 aromatic rings. The molecule has 0 spiro atoms. The highest BCUT2D eigenvalue weighted by Gasteiger charge is 2.54. The smallest absolute Gasteiger partial charge is 0.226 e. The highest BCUT2D eigenvalue weighted by Crippen LogP contribution is 2.60. The molecule has 0 radical (unpaired) electrons. The van der Waals surface area contributed by atoms with Crippen LogP contribution in [0.25, 0.3) is 11.0 Å². The van der Waals surface area contributed by atoms with Gasteiger partial charge in [0.1, 0.15) is 18.2 Å². The molecule has 0 aliphatic heterocycles. The van der Waals surface area contributed by atoms with Crippen molar-refractivity contribution in [3.63, 3.8) is 0 Å². The standard InChI is InChI=1S/C31H39N3O2/c1-21(2)25-7-3-6-10-28(25)36-14-13-34-27-9-5-4-8-26(27)33-29(34)11-12-32-30(35)31-18-22-15-23(19-31)17-24(16-22)20-31/h3-10,21-24H,11-20H2,1-2H3,(H,32,35). The largest absolute Gasteiger partial charge is 0.491 e. The van der Waals surface area contributed by atoms with Gasteiger partial charge in [-0.25, -0.2) is 4.98 Å². The first-order valence-corrected chi connectivity index (χ1v) is 13.9. The van der Waals surface area contributed by atoms with Gasteiger partial charge in [0.15, 0.2) is 0 Å². The summed E-state index contributed by atoms with van der Waals surface area (Å²) in [7, 11) is 0. The van der Waals surface area contributed by atoms with Crippen molar-refractivity contribution in [3.05, 3.63) is 59.9 Å². The zero-order valence-electron chi connectivity index (χ0n) is 21.7. The Bertz CT molecular complexity index is 1210. The summed E-state index contributed by atoms with van der Waals surface area (Å²) in [5, 5.41) is 3.34. The zero-order chi connectivity index (χ0) is 24.7. The van der Waals surface area contributed by atoms with Crippen LogP contribution in [0, 0.1) is 23.2 Å². The predicted octanol–water partition coefficient (Wildman–Crippen LogP) is 6.11. The number of hydrogen-bond donors (Lipinski definition) is 1. The molecular formula is C31H39N3O2. The number of para-hydroxylation sites is 3. The monoisotopic (exact) mass is 485 g/mol. The van der Waals surface area contributed by atoms with E-state index in [1.807, 2.05) is 12.1 Å². The lowest BCUT2D eigenvalue weighted by atomic mass is 9.49. The van der Waals surface area contributed by atoms with Gasteiger partial charge in [-0.3, -0.25) is 4.79 Å². The second-order valence-corrected chi connectivity index (χ2v) is 11.9. The van der Waals surface area contributed by atoms with Gasteiger partial charge in [-0.05, 0) is 86.0 Å². The number of carbonyl (C=O) groups is 1. The summed E-state index contributed by atoms with van der Waals surface area (Å²) in [5.74, 6) is 5.05. The van der Waals surface area contributed by atoms with E-state index in [0.29, 0.717) is 25.0 Å². The maximum Gasteiger partial charge on any atom is 0.226 e. The maximum absolute atomic E-state index is 13.4. The molecule has 1 heterocycles. The van der Waals surface area contributed by atoms with Gasteiger partial charge in [0.25, 0.3) is 0 Å². The Morgan fingerprint density at radius 2 is 1.69 bits per heavy atom. The van der Waals surface area contributed by atoms with E-state index >= 15 is 0 Å². The normalized spacial score (nSPS) is 26.6. The third-order valence-electron chi connectivity index (χ3n) is 9.00. The number of benzene rings is 2. The molecule has 36 heavy (non-hydrogen) atoms. The van der Waals surface area contributed by atoms with Gasteiger partial charge in [0, 0.05) is 18.4 Å². The molecule has 4 fully saturated rings. The molecule has 1 aromatic heterocycles. The molecule has 5 heteroatoms. The van der Waals surface area contributed by atoms with Gasteiger partial charge in [-0.2, -0.15) is 0 Å². The van der Waals surface area contributed by atoms with E-state index < -0.39 is 0 Å². The lowest BCUT2D eigenvalue weighted by Gasteiger charge is -2.55. The SMILES string of the molecule is CC(C)c1ccccc1OCCn1c(CCNC(=O)C23CC4CC(CC(C4)C2)C3)nc2ccccc21. The molecule has 0 saturated heterocycles. The quantitative estimate of drug-likeness (QED) is 0.398. The first-order valence-electron chi connectivity index (χ1n) is 13.9. The molecule has 2 aromatic carbocycles. The van der Waals surface area contributed by atoms with Gasteiger partial charge in [0.05, 0.1) is 17.6 Å². The first kappa shape index (κ1) is 23.6. The number of amides is 1. The molecule has 7 rings (SSSR count). The topological polar surface area (TPSA) is 56.1 Å². The Labute approximate surface area is 214 Å². The molecule has 4 saturated carbocycles. The van der Waals surface area contributed by atoms with Gasteiger partial charge in [0.2, 0.25) is 5.91 Å². The highest BCUT2D eigenvalue weighted by atomic mass is 16.5. The molecule has 0 unspecified atom stereocenters. The fourth-order valence-corrected chi connectivity index (χ4v) is 7.77. The lowest BCUT2D eigenvalue weighted by Crippen LogP contribution is -2.53. The van der Waals surface area contributed by atoms with Crippen LogP contribution in [0.4, 0.5) is 0 Å². The minimum absolute atomic E-state index is 0.0907. The van der Waals surface area contributed by atoms with Crippen molar-refractivity contribution in [2.75, 3.05) is 13.2 Å². The second kappa shape index (κ2) is 9.57. The average Bonchev–Trinajstić information content (AvgIpc) is 3.20. The van der Waals surface area contributed by atoms with Gasteiger partial charge in [-0.1, -0.05) is 44.2 Å². The zero-order valence-corrected chi connectivity index (χ0v) is 21.7. The van der Waals surface area contributed by atoms with Crippen LogP contribution < -0.4 is 10.1 Å². The number of nitrogens with one attached hydrogen (secondary N) is 1. The van der Waals surface area contributed by atoms with Crippen LogP contribution >= 0.6 is 0 Å². The summed E-state index contributed by atoms with van der Waals surface area (Å²) >= 11 is 0. The minimum Gasteiger partial charge on any atom is -0.491 e. The van der Waals surface area contributed by atoms with Crippen LogP contribution in [0.2, 0.25) is 0 Å². The Morgan fingerprint density at radius 1 is 1.03 bits per heavy atom. The van der Waals surface area contributed by atoms with Gasteiger partial charge in [-0.15, -0.1) is 0 Å². The first-order chi connectivity index (χ1) is 17.5. The minimum atomic E-state index is -0.0907. The van der Waals surface area contributed by atoms with E-state index in [1.54, 1.807) is 0 Å². The summed E-state index contributed by atoms with van der Waals surface area (Å²) in [5.41, 5.74) is 3.27. The number of fused-ring (bicyclic) bond motifs is 1. The molecule has 1 amide bonds. The van der Waals surface area contributed by atoms with Crippen molar-refractivity contribution >= 4 is 16.9 Å². The summed E-state index contributed by atoms with van der Waals surface area (Å²) in [6, 6.07) is 16.6. The maximum atomic E-state index is 13.4. The Kier molecular flexibility index (Phi) is 6.27. The molecule has 0 atom stereocenters. The predicted molar refractivity (Wildman–Crippen MR) is 143 cm³/mol. The van der Waals surface area contributed by atoms with Gasteiger partial charge >= 0.3 is 0 Å². The molecular weight excluding hydrogens is 446 g/mol. The number of imidazole rings is 1. The number of rotatable bonds is 9. The molecule has 4 aliphatic carbocycles. The number of nitrogens with zero attached hydrogens (tertiary/aromatic N) is 2. The summed E-state index contributed by atoms with van der Waals surface area (Å²) in [6.07, 6.45) is 8.14. The fraction of sp³-hybridized carbons (Fsp3) is 0.548. The number of hydrogen-bond acceptors (Lipinski definition) is 3. The molecule has 5 nitrogen and oxygen atoms in total. The number of carbonyl (C=O) groups excluding carboxylic acids is 1. The summed E-state index contributed by atoms with van der Waals surface area (Å²) < 4.78 is 8.51. The third-order valence-corrected chi connectivity index (χ3v) is 9.00. The van der Waals surface area contributed by atoms with Crippen LogP contribution in [0.5, 0.6) is 5.75 Å². The van der Waals surface area contributed by atoms with Gasteiger partial charge < -0.3 is 14.6 Å². The Morgan fingerprint density at radius 3 is 2.42 bits per heavy atom. The molecule has 1 N–H and O–H groups in total. The highest BCUT2D eigenvalue weighted by molar-refractivity contribution is 5.83. The molecule has 190 valence electrons. The Balaban J connectivity index is 1.12. The number of ether oxygens (including phenoxy) is 1. The number of aromatic nitrogens is 2. The average molecular weight is 486 g/mol. The van der Waals surface area contributed by atoms with Crippen LogP contribution in [0.3, 0.4) is 0 Å². The van der Waals surface area contributed by atoms with E-state index in [2.05, 4.69) is 60.1 Å². The van der Waals surface area contributed by atoms with Crippen molar-refractivity contribution in [3.8, 4) is 5.75 Å². The Hall–Kier alpha value is -2.82. The van der Waals surface area contributed by atoms with Crippen molar-refractivity contribution < 1.29 is 9.53 Å². The van der Waals surface area contributed by atoms with Crippen LogP contribution in [0.1, 0.15) is 69.7 Å². The second-order valence-electron chi connectivity index (χ2n) is 11.9. The van der Waals surface area contributed by atoms with Crippen molar-refractivity contribution in [1.82, 2.24) is 14.9 Å². The third kappa shape index (κ3) is 4.42. The summed E-state index contributed by atoms with van der Waals surface area (Å²) in [4.78, 5) is 18.3. The van der Waals surface area contributed by atoms with Crippen molar-refractivity contribution in [1.29, 1.82) is 0 Å². The van der Waals surface area contributed by atoms with E-state index in [9.17, 15) is 4.79 Å². The lowest BCUT2D eigenvalue weighted by molar-refractivity contribution is -0.146. The molecule has 4 bridgehead atoms. The molecule has 4 aliphatic rings. The van der Waals surface area contributed by atoms with Crippen molar-refractivity contribution in [2.24, 2.45) is 23.2 Å². The summed E-state index contributed by atoms with van der Waals surface area (Å²) in [6.45, 7) is 6.34. The van der Waals surface area contributed by atoms with E-state index in [4.69, 9.17) is 9.72 Å². The van der Waals surface area contributed by atoms with Crippen LogP contribution in [0.15, 0.2) is 48.5 Å². The van der Waals surface area contributed by atoms with E-state index in [0.717, 1.165) is 72.6 Å².